The van der Waals surface area contributed by atoms with Crippen molar-refractivity contribution in [2.45, 2.75) is 22.8 Å². The van der Waals surface area contributed by atoms with Gasteiger partial charge in [-0.25, -0.2) is 4.90 Å². The van der Waals surface area contributed by atoms with E-state index in [4.69, 9.17) is 9.47 Å². The molecule has 1 N–H and O–H groups in total. The topological polar surface area (TPSA) is 88.7 Å². The number of methoxy groups -OCH3 is 1. The smallest absolute Gasteiger partial charge is 0.305 e. The molecule has 0 aliphatic carbocycles. The third-order valence-corrected chi connectivity index (χ3v) is 9.05. The number of rotatable bonds is 6. The molecule has 0 spiro atoms. The summed E-state index contributed by atoms with van der Waals surface area (Å²) in [5, 5.41) is -0.0311. The lowest BCUT2D eigenvalue weighted by Crippen LogP contribution is -2.32. The molecule has 0 saturated carbocycles. The molecule has 1 saturated heterocycles. The van der Waals surface area contributed by atoms with Crippen LogP contribution >= 0.6 is 23.1 Å². The van der Waals surface area contributed by atoms with Crippen LogP contribution in [0, 0.1) is 5.92 Å². The van der Waals surface area contributed by atoms with Crippen molar-refractivity contribution in [3.8, 4) is 11.5 Å². The number of hydrogen-bond donors (Lipinski definition) is 1. The molecule has 1 fully saturated rings. The Morgan fingerprint density at radius 3 is 2.38 bits per heavy atom. The highest BCUT2D eigenvalue weighted by atomic mass is 32.2. The van der Waals surface area contributed by atoms with Crippen molar-refractivity contribution in [3.05, 3.63) is 105 Å². The fourth-order valence-corrected chi connectivity index (χ4v) is 7.45. The van der Waals surface area contributed by atoms with Crippen LogP contribution in [0.3, 0.4) is 0 Å². The molecule has 2 aliphatic heterocycles. The zero-order valence-electron chi connectivity index (χ0n) is 19.7. The maximum atomic E-state index is 13.9. The first-order chi connectivity index (χ1) is 18.0. The average Bonchev–Trinajstić information content (AvgIpc) is 3.42. The first-order valence-corrected chi connectivity index (χ1v) is 13.4. The van der Waals surface area contributed by atoms with Gasteiger partial charge in [0, 0.05) is 16.4 Å². The number of aromatic amines is 1. The number of fused-ring (bicyclic) bond motifs is 2. The average molecular weight is 531 g/mol. The standard InChI is InChI=1S/C28H22N2O5S2/c1-34-18-13-11-17(12-14-18)30-26(31)22-21(23-25(29-28(33)37-23)36-24(22)27(30)32)19-9-5-6-10-20(19)35-15-16-7-3-2-4-8-16/h2-14,21-22,24H,15H2,1H3,(H,29,33)/t21-,22?,24?/m1/s1. The Labute approximate surface area is 221 Å². The number of nitrogens with zero attached hydrogens (tertiary/aromatic N) is 1. The maximum absolute atomic E-state index is 13.9. The van der Waals surface area contributed by atoms with Crippen molar-refractivity contribution in [1.29, 1.82) is 0 Å². The van der Waals surface area contributed by atoms with Gasteiger partial charge in [0.05, 0.1) is 23.7 Å². The van der Waals surface area contributed by atoms with Crippen LogP contribution in [0.25, 0.3) is 0 Å². The molecule has 0 bridgehead atoms. The van der Waals surface area contributed by atoms with E-state index in [1.54, 1.807) is 31.4 Å². The van der Waals surface area contributed by atoms with Crippen LogP contribution in [0.4, 0.5) is 5.69 Å². The Balaban J connectivity index is 1.42. The predicted molar refractivity (Wildman–Crippen MR) is 143 cm³/mol. The number of anilines is 1. The van der Waals surface area contributed by atoms with Crippen LogP contribution in [0.5, 0.6) is 11.5 Å². The highest BCUT2D eigenvalue weighted by molar-refractivity contribution is 8.00. The first kappa shape index (κ1) is 23.6. The van der Waals surface area contributed by atoms with Gasteiger partial charge in [0.2, 0.25) is 11.8 Å². The van der Waals surface area contributed by atoms with Gasteiger partial charge in [0.1, 0.15) is 23.4 Å². The minimum Gasteiger partial charge on any atom is -0.497 e. The minimum atomic E-state index is -0.681. The zero-order chi connectivity index (χ0) is 25.5. The van der Waals surface area contributed by atoms with E-state index in [-0.39, 0.29) is 16.7 Å². The first-order valence-electron chi connectivity index (χ1n) is 11.7. The molecular formula is C28H22N2O5S2. The van der Waals surface area contributed by atoms with Gasteiger partial charge in [-0.15, -0.1) is 0 Å². The summed E-state index contributed by atoms with van der Waals surface area (Å²) in [4.78, 5) is 44.6. The number of para-hydroxylation sites is 1. The normalized spacial score (nSPS) is 20.5. The summed E-state index contributed by atoms with van der Waals surface area (Å²) in [5.41, 5.74) is 2.29. The molecule has 9 heteroatoms. The third-order valence-electron chi connectivity index (χ3n) is 6.65. The SMILES string of the molecule is COc1ccc(N2C(=O)C3Sc4[nH]c(=O)sc4[C@H](c4ccccc4OCc4ccccc4)C3C2=O)cc1. The van der Waals surface area contributed by atoms with E-state index in [9.17, 15) is 14.4 Å². The van der Waals surface area contributed by atoms with E-state index in [1.807, 2.05) is 54.6 Å². The lowest BCUT2D eigenvalue weighted by Gasteiger charge is -2.30. The van der Waals surface area contributed by atoms with E-state index in [0.717, 1.165) is 27.3 Å². The highest BCUT2D eigenvalue weighted by Gasteiger charge is 2.56. The molecule has 3 heterocycles. The second-order valence-electron chi connectivity index (χ2n) is 8.77. The molecule has 2 amide bonds. The Morgan fingerprint density at radius 1 is 0.892 bits per heavy atom. The summed E-state index contributed by atoms with van der Waals surface area (Å²) in [7, 11) is 1.56. The quantitative estimate of drug-likeness (QED) is 0.360. The van der Waals surface area contributed by atoms with Crippen LogP contribution < -0.4 is 19.2 Å². The third kappa shape index (κ3) is 4.14. The summed E-state index contributed by atoms with van der Waals surface area (Å²) in [6, 6.07) is 24.2. The molecule has 7 nitrogen and oxygen atoms in total. The largest absolute Gasteiger partial charge is 0.497 e. The number of thiazole rings is 1. The highest BCUT2D eigenvalue weighted by Crippen LogP contribution is 2.54. The Hall–Kier alpha value is -3.82. The number of carbonyl (C=O) groups excluding carboxylic acids is 2. The number of thioether (sulfide) groups is 1. The van der Waals surface area contributed by atoms with Crippen LogP contribution in [0.2, 0.25) is 0 Å². The van der Waals surface area contributed by atoms with Crippen molar-refractivity contribution in [2.75, 3.05) is 12.0 Å². The summed E-state index contributed by atoms with van der Waals surface area (Å²) in [6.07, 6.45) is 0. The second kappa shape index (κ2) is 9.57. The molecule has 2 aliphatic rings. The van der Waals surface area contributed by atoms with Crippen LogP contribution in [0.15, 0.2) is 88.7 Å². The van der Waals surface area contributed by atoms with Crippen LogP contribution in [-0.2, 0) is 16.2 Å². The number of imide groups is 1. The molecule has 0 radical (unpaired) electrons. The summed E-state index contributed by atoms with van der Waals surface area (Å²) in [6.45, 7) is 0.356. The lowest BCUT2D eigenvalue weighted by atomic mass is 9.82. The van der Waals surface area contributed by atoms with E-state index >= 15 is 0 Å². The number of ether oxygens (including phenoxy) is 2. The lowest BCUT2D eigenvalue weighted by molar-refractivity contribution is -0.122. The summed E-state index contributed by atoms with van der Waals surface area (Å²) < 4.78 is 11.5. The molecule has 3 aromatic carbocycles. The van der Waals surface area contributed by atoms with Crippen LogP contribution in [0.1, 0.15) is 21.9 Å². The molecule has 1 aromatic heterocycles. The van der Waals surface area contributed by atoms with Gasteiger partial charge in [-0.3, -0.25) is 14.4 Å². The van der Waals surface area contributed by atoms with E-state index in [1.165, 1.54) is 16.7 Å². The van der Waals surface area contributed by atoms with Gasteiger partial charge in [-0.05, 0) is 35.9 Å². The van der Waals surface area contributed by atoms with Gasteiger partial charge in [-0.1, -0.05) is 71.6 Å². The monoisotopic (exact) mass is 530 g/mol. The molecule has 37 heavy (non-hydrogen) atoms. The number of hydrogen-bond acceptors (Lipinski definition) is 7. The molecule has 186 valence electrons. The number of amides is 2. The van der Waals surface area contributed by atoms with Crippen molar-refractivity contribution in [1.82, 2.24) is 4.98 Å². The second-order valence-corrected chi connectivity index (χ2v) is 10.9. The van der Waals surface area contributed by atoms with E-state index < -0.39 is 17.1 Å². The Morgan fingerprint density at radius 2 is 1.62 bits per heavy atom. The number of H-pyrrole nitrogens is 1. The molecular weight excluding hydrogens is 508 g/mol. The van der Waals surface area contributed by atoms with E-state index in [0.29, 0.717) is 28.8 Å². The molecule has 3 atom stereocenters. The van der Waals surface area contributed by atoms with Crippen LogP contribution in [-0.4, -0.2) is 29.2 Å². The van der Waals surface area contributed by atoms with Gasteiger partial charge < -0.3 is 14.5 Å². The minimum absolute atomic E-state index is 0.211. The Bertz CT molecular complexity index is 1530. The summed E-state index contributed by atoms with van der Waals surface area (Å²) >= 11 is 2.34. The Kier molecular flexibility index (Phi) is 6.10. The molecule has 4 aromatic rings. The van der Waals surface area contributed by atoms with Crippen molar-refractivity contribution < 1.29 is 19.1 Å². The van der Waals surface area contributed by atoms with Gasteiger partial charge >= 0.3 is 4.87 Å². The molecule has 6 rings (SSSR count). The number of carbonyl (C=O) groups is 2. The molecule has 2 unspecified atom stereocenters. The van der Waals surface area contributed by atoms with Gasteiger partial charge in [0.25, 0.3) is 0 Å². The van der Waals surface area contributed by atoms with Crippen molar-refractivity contribution in [2.24, 2.45) is 5.92 Å². The van der Waals surface area contributed by atoms with Crippen molar-refractivity contribution in [3.63, 3.8) is 0 Å². The fraction of sp³-hybridized carbons (Fsp3) is 0.179. The van der Waals surface area contributed by atoms with E-state index in [2.05, 4.69) is 4.98 Å². The predicted octanol–water partition coefficient (Wildman–Crippen LogP) is 4.82. The zero-order valence-corrected chi connectivity index (χ0v) is 21.4. The number of benzene rings is 3. The number of nitrogens with one attached hydrogen (secondary N) is 1. The maximum Gasteiger partial charge on any atom is 0.305 e. The number of aromatic nitrogens is 1. The fourth-order valence-electron chi connectivity index (χ4n) is 4.94. The van der Waals surface area contributed by atoms with Gasteiger partial charge in [0.15, 0.2) is 0 Å². The van der Waals surface area contributed by atoms with Gasteiger partial charge in [-0.2, -0.15) is 0 Å². The van der Waals surface area contributed by atoms with Crippen molar-refractivity contribution >= 4 is 40.6 Å². The summed E-state index contributed by atoms with van der Waals surface area (Å²) in [5.74, 6) is -0.511.